The number of aromatic amines is 1. The van der Waals surface area contributed by atoms with E-state index in [4.69, 9.17) is 1.37 Å². The molecule has 42 valence electrons. The molecule has 1 aromatic heterocycles. The summed E-state index contributed by atoms with van der Waals surface area (Å²) >= 11 is 2.91. The molecule has 1 aromatic rings. The number of hydrogen-bond acceptors (Lipinski definition) is 2. The summed E-state index contributed by atoms with van der Waals surface area (Å²) in [7, 11) is 0. The number of rotatable bonds is 0. The lowest BCUT2D eigenvalue weighted by Gasteiger charge is -1.81. The second-order valence-corrected chi connectivity index (χ2v) is 1.95. The van der Waals surface area contributed by atoms with Crippen LogP contribution in [-0.2, 0) is 0 Å². The number of hydrogen-bond donors (Lipinski definition) is 1. The topological polar surface area (TPSA) is 45.8 Å². The Labute approximate surface area is 55.3 Å². The maximum atomic E-state index is 10.6. The molecular formula is C4H3BrN2O. The molecule has 0 saturated heterocycles. The van der Waals surface area contributed by atoms with Crippen LogP contribution < -0.4 is 5.56 Å². The van der Waals surface area contributed by atoms with Crippen molar-refractivity contribution in [1.29, 1.82) is 0 Å². The zero-order chi connectivity index (χ0) is 6.85. The van der Waals surface area contributed by atoms with Gasteiger partial charge in [-0.05, 0) is 22.0 Å². The fourth-order valence-electron chi connectivity index (χ4n) is 0.294. The summed E-state index contributed by atoms with van der Waals surface area (Å²) in [6.45, 7) is 0. The van der Waals surface area contributed by atoms with Crippen molar-refractivity contribution in [1.82, 2.24) is 10.2 Å². The Morgan fingerprint density at radius 1 is 2.00 bits per heavy atom. The second-order valence-electron chi connectivity index (χ2n) is 1.16. The number of H-pyrrole nitrogens is 1. The van der Waals surface area contributed by atoms with Crippen molar-refractivity contribution in [3.8, 4) is 0 Å². The molecule has 0 unspecified atom stereocenters. The molecule has 0 bridgehead atoms. The van der Waals surface area contributed by atoms with Crippen molar-refractivity contribution in [2.75, 3.05) is 0 Å². The fraction of sp³-hybridized carbons (Fsp3) is 0. The van der Waals surface area contributed by atoms with Crippen LogP contribution >= 0.6 is 15.9 Å². The summed E-state index contributed by atoms with van der Waals surface area (Å²) in [6, 6.07) is 0.0961. The Morgan fingerprint density at radius 3 is 3.25 bits per heavy atom. The lowest BCUT2D eigenvalue weighted by atomic mass is 10.6. The number of nitrogens with zero attached hydrogens (tertiary/aromatic N) is 1. The Balaban J connectivity index is 3.43. The number of aromatic nitrogens is 2. The molecule has 0 fully saturated rings. The predicted octanol–water partition coefficient (Wildman–Crippen LogP) is 0.532. The minimum absolute atomic E-state index is 0.0961. The largest absolute Gasteiger partial charge is 0.278 e. The smallest absolute Gasteiger partial charge is 0.267 e. The van der Waals surface area contributed by atoms with E-state index in [1.807, 2.05) is 0 Å². The van der Waals surface area contributed by atoms with Gasteiger partial charge in [-0.25, -0.2) is 5.10 Å². The molecule has 4 heteroatoms. The number of halogens is 1. The molecule has 8 heavy (non-hydrogen) atoms. The highest BCUT2D eigenvalue weighted by Crippen LogP contribution is 1.95. The Hall–Kier alpha value is -0.640. The van der Waals surface area contributed by atoms with E-state index in [1.54, 1.807) is 0 Å². The number of nitrogens with one attached hydrogen (secondary N) is 1. The van der Waals surface area contributed by atoms with E-state index in [9.17, 15) is 4.79 Å². The van der Waals surface area contributed by atoms with E-state index in [-0.39, 0.29) is 16.1 Å². The summed E-state index contributed by atoms with van der Waals surface area (Å²) in [5, 5.41) is 5.56. The zero-order valence-electron chi connectivity index (χ0n) is 4.81. The maximum Gasteiger partial charge on any atom is 0.278 e. The van der Waals surface area contributed by atoms with Crippen LogP contribution in [0.25, 0.3) is 0 Å². The van der Waals surface area contributed by atoms with Crippen LogP contribution in [0, 0.1) is 0 Å². The first-order valence-corrected chi connectivity index (χ1v) is 2.71. The van der Waals surface area contributed by atoms with Crippen molar-refractivity contribution in [3.05, 3.63) is 27.1 Å². The predicted molar refractivity (Wildman–Crippen MR) is 32.6 cm³/mol. The summed E-state index contributed by atoms with van der Waals surface area (Å²) in [4.78, 5) is 10.6. The Kier molecular flexibility index (Phi) is 1.11. The quantitative estimate of drug-likeness (QED) is 0.626. The lowest BCUT2D eigenvalue weighted by Crippen LogP contribution is -2.06. The van der Waals surface area contributed by atoms with Crippen LogP contribution in [0.2, 0.25) is 0 Å². The second kappa shape index (κ2) is 2.09. The third-order valence-electron chi connectivity index (χ3n) is 0.621. The molecule has 1 heterocycles. The molecule has 3 nitrogen and oxygen atoms in total. The van der Waals surface area contributed by atoms with Gasteiger partial charge in [-0.3, -0.25) is 4.79 Å². The van der Waals surface area contributed by atoms with Gasteiger partial charge in [-0.1, -0.05) is 0 Å². The van der Waals surface area contributed by atoms with Gasteiger partial charge in [0, 0.05) is 6.20 Å². The summed E-state index contributed by atoms with van der Waals surface area (Å²) < 4.78 is 7.25. The monoisotopic (exact) mass is 175 g/mol. The molecule has 0 amide bonds. The maximum absolute atomic E-state index is 10.6. The summed E-state index contributed by atoms with van der Waals surface area (Å²) in [6.07, 6.45) is 1.26. The molecule has 1 rings (SSSR count). The van der Waals surface area contributed by atoms with Gasteiger partial charge in [0.25, 0.3) is 5.56 Å². The highest BCUT2D eigenvalue weighted by Gasteiger charge is 1.87. The first-order valence-electron chi connectivity index (χ1n) is 2.41. The lowest BCUT2D eigenvalue weighted by molar-refractivity contribution is 0.979. The first kappa shape index (κ1) is 4.26. The average Bonchev–Trinajstić information content (AvgIpc) is 1.83. The van der Waals surface area contributed by atoms with E-state index >= 15 is 0 Å². The highest BCUT2D eigenvalue weighted by molar-refractivity contribution is 9.10. The van der Waals surface area contributed by atoms with Crippen LogP contribution in [0.1, 0.15) is 1.37 Å². The molecule has 0 aliphatic heterocycles. The normalized spacial score (nSPS) is 10.9. The van der Waals surface area contributed by atoms with E-state index in [2.05, 4.69) is 26.1 Å². The Morgan fingerprint density at radius 2 is 2.75 bits per heavy atom. The van der Waals surface area contributed by atoms with Gasteiger partial charge in [0.15, 0.2) is 0 Å². The molecule has 0 atom stereocenters. The molecular weight excluding hydrogens is 172 g/mol. The van der Waals surface area contributed by atoms with E-state index < -0.39 is 0 Å². The third-order valence-corrected chi connectivity index (χ3v) is 1.21. The Bertz CT molecular complexity index is 272. The minimum Gasteiger partial charge on any atom is -0.267 e. The summed E-state index contributed by atoms with van der Waals surface area (Å²) in [5.74, 6) is 0. The molecule has 0 saturated carbocycles. The van der Waals surface area contributed by atoms with Gasteiger partial charge in [-0.15, -0.1) is 0 Å². The van der Waals surface area contributed by atoms with Crippen molar-refractivity contribution >= 4 is 15.9 Å². The van der Waals surface area contributed by atoms with Gasteiger partial charge < -0.3 is 0 Å². The average molecular weight is 176 g/mol. The standard InChI is InChI=1S/C4H3BrN2O/c5-3-1-2-6-7-4(3)8/h1-2H,(H,7,8)/i1D. The first-order chi connectivity index (χ1) is 4.22. The van der Waals surface area contributed by atoms with Crippen molar-refractivity contribution < 1.29 is 1.37 Å². The van der Waals surface area contributed by atoms with Crippen LogP contribution in [0.15, 0.2) is 21.5 Å². The molecule has 0 aliphatic rings. The van der Waals surface area contributed by atoms with Crippen LogP contribution in [0.4, 0.5) is 0 Å². The minimum atomic E-state index is -0.373. The van der Waals surface area contributed by atoms with E-state index in [0.717, 1.165) is 0 Å². The van der Waals surface area contributed by atoms with Crippen LogP contribution in [-0.4, -0.2) is 10.2 Å². The SMILES string of the molecule is [2H]c1cn[nH]c(=O)c1Br. The van der Waals surface area contributed by atoms with Crippen molar-refractivity contribution in [2.24, 2.45) is 0 Å². The molecule has 0 radical (unpaired) electrons. The van der Waals surface area contributed by atoms with E-state index in [0.29, 0.717) is 0 Å². The van der Waals surface area contributed by atoms with Gasteiger partial charge in [0.1, 0.15) is 0 Å². The molecule has 0 aliphatic carbocycles. The molecule has 0 spiro atoms. The van der Waals surface area contributed by atoms with Crippen molar-refractivity contribution in [3.63, 3.8) is 0 Å². The van der Waals surface area contributed by atoms with Gasteiger partial charge >= 0.3 is 0 Å². The van der Waals surface area contributed by atoms with Crippen LogP contribution in [0.5, 0.6) is 0 Å². The van der Waals surface area contributed by atoms with Gasteiger partial charge in [0.05, 0.1) is 5.84 Å². The summed E-state index contributed by atoms with van der Waals surface area (Å²) in [5.41, 5.74) is -0.373. The molecule has 0 aromatic carbocycles. The molecule has 1 N–H and O–H groups in total. The van der Waals surface area contributed by atoms with Crippen molar-refractivity contribution in [2.45, 2.75) is 0 Å². The van der Waals surface area contributed by atoms with Gasteiger partial charge in [-0.2, -0.15) is 5.10 Å². The fourth-order valence-corrected chi connectivity index (χ4v) is 0.486. The van der Waals surface area contributed by atoms with E-state index in [1.165, 1.54) is 6.20 Å². The third kappa shape index (κ3) is 0.949. The zero-order valence-corrected chi connectivity index (χ0v) is 5.40. The highest BCUT2D eigenvalue weighted by atomic mass is 79.9. The van der Waals surface area contributed by atoms with Gasteiger partial charge in [0.2, 0.25) is 0 Å². The van der Waals surface area contributed by atoms with Crippen LogP contribution in [0.3, 0.4) is 0 Å².